The Bertz CT molecular complexity index is 868. The van der Waals surface area contributed by atoms with Crippen LogP contribution in [0.5, 0.6) is 5.75 Å². The van der Waals surface area contributed by atoms with Crippen LogP contribution in [-0.4, -0.2) is 12.1 Å². The fourth-order valence-electron chi connectivity index (χ4n) is 2.34. The van der Waals surface area contributed by atoms with Crippen LogP contribution in [0.3, 0.4) is 0 Å². The van der Waals surface area contributed by atoms with Gasteiger partial charge in [-0.05, 0) is 41.3 Å². The van der Waals surface area contributed by atoms with Gasteiger partial charge in [-0.25, -0.2) is 9.37 Å². The van der Waals surface area contributed by atoms with Crippen molar-refractivity contribution in [3.63, 3.8) is 0 Å². The van der Waals surface area contributed by atoms with Crippen LogP contribution in [-0.2, 0) is 0 Å². The number of rotatable bonds is 2. The minimum absolute atomic E-state index is 0.265. The van der Waals surface area contributed by atoms with E-state index in [4.69, 9.17) is 4.74 Å². The van der Waals surface area contributed by atoms with E-state index in [0.29, 0.717) is 16.9 Å². The van der Waals surface area contributed by atoms with E-state index in [-0.39, 0.29) is 11.5 Å². The molecule has 3 rings (SSSR count). The topological polar surface area (TPSA) is 45.9 Å². The fraction of sp³-hybridized carbons (Fsp3) is 0.0588. The molecule has 3 aromatic rings. The van der Waals surface area contributed by atoms with Crippen LogP contribution in [0.15, 0.2) is 48.7 Å². The minimum atomic E-state index is -0.351. The first-order chi connectivity index (χ1) is 10.2. The standard InChI is InChI=1S/C17H11FN2O/c1-21-14-6-5-12-10-20-16(9-19)17(15(12)8-14)11-3-2-4-13(18)7-11/h2-8,10H,1H3. The zero-order valence-corrected chi connectivity index (χ0v) is 11.3. The van der Waals surface area contributed by atoms with Gasteiger partial charge in [-0.3, -0.25) is 0 Å². The summed E-state index contributed by atoms with van der Waals surface area (Å²) in [5, 5.41) is 11.0. The summed E-state index contributed by atoms with van der Waals surface area (Å²) in [6.07, 6.45) is 1.64. The Hall–Kier alpha value is -2.93. The number of nitrogens with zero attached hydrogens (tertiary/aromatic N) is 2. The number of fused-ring (bicyclic) bond motifs is 1. The van der Waals surface area contributed by atoms with E-state index >= 15 is 0 Å². The first kappa shape index (κ1) is 13.1. The number of halogens is 1. The number of nitriles is 1. The molecule has 0 saturated carbocycles. The summed E-state index contributed by atoms with van der Waals surface area (Å²) in [6.45, 7) is 0. The van der Waals surface area contributed by atoms with Crippen molar-refractivity contribution in [2.45, 2.75) is 0 Å². The van der Waals surface area contributed by atoms with Crippen LogP contribution in [0.25, 0.3) is 21.9 Å². The quantitative estimate of drug-likeness (QED) is 0.713. The molecule has 0 fully saturated rings. The summed E-state index contributed by atoms with van der Waals surface area (Å²) in [7, 11) is 1.58. The predicted molar refractivity (Wildman–Crippen MR) is 78.4 cm³/mol. The number of hydrogen-bond donors (Lipinski definition) is 0. The molecule has 0 aliphatic rings. The Morgan fingerprint density at radius 1 is 1.19 bits per heavy atom. The van der Waals surface area contributed by atoms with Gasteiger partial charge in [0.25, 0.3) is 0 Å². The monoisotopic (exact) mass is 278 g/mol. The second-order valence-electron chi connectivity index (χ2n) is 4.56. The van der Waals surface area contributed by atoms with Crippen LogP contribution >= 0.6 is 0 Å². The predicted octanol–water partition coefficient (Wildman–Crippen LogP) is 3.92. The maximum absolute atomic E-state index is 13.5. The molecular formula is C17H11FN2O. The molecule has 21 heavy (non-hydrogen) atoms. The molecule has 0 atom stereocenters. The summed E-state index contributed by atoms with van der Waals surface area (Å²) in [5.41, 5.74) is 1.51. The van der Waals surface area contributed by atoms with E-state index in [2.05, 4.69) is 11.1 Å². The van der Waals surface area contributed by atoms with Crippen molar-refractivity contribution in [2.24, 2.45) is 0 Å². The van der Waals surface area contributed by atoms with Crippen molar-refractivity contribution in [3.05, 3.63) is 60.2 Å². The highest BCUT2D eigenvalue weighted by atomic mass is 19.1. The fourth-order valence-corrected chi connectivity index (χ4v) is 2.34. The van der Waals surface area contributed by atoms with Crippen LogP contribution in [0, 0.1) is 17.1 Å². The summed E-state index contributed by atoms with van der Waals surface area (Å²) in [4.78, 5) is 4.16. The van der Waals surface area contributed by atoms with Gasteiger partial charge in [-0.2, -0.15) is 5.26 Å². The molecule has 0 bridgehead atoms. The molecule has 0 N–H and O–H groups in total. The van der Waals surface area contributed by atoms with Crippen LogP contribution in [0.4, 0.5) is 4.39 Å². The first-order valence-electron chi connectivity index (χ1n) is 6.35. The maximum atomic E-state index is 13.5. The van der Waals surface area contributed by atoms with Gasteiger partial charge in [0.15, 0.2) is 0 Å². The summed E-state index contributed by atoms with van der Waals surface area (Å²) in [5.74, 6) is 0.325. The summed E-state index contributed by atoms with van der Waals surface area (Å²) in [6, 6.07) is 13.7. The zero-order valence-electron chi connectivity index (χ0n) is 11.3. The lowest BCUT2D eigenvalue weighted by Gasteiger charge is -2.10. The summed E-state index contributed by atoms with van der Waals surface area (Å²) >= 11 is 0. The minimum Gasteiger partial charge on any atom is -0.497 e. The third-order valence-corrected chi connectivity index (χ3v) is 3.32. The lowest BCUT2D eigenvalue weighted by molar-refractivity contribution is 0.415. The molecule has 2 aromatic carbocycles. The van der Waals surface area contributed by atoms with Gasteiger partial charge in [0, 0.05) is 17.1 Å². The van der Waals surface area contributed by atoms with E-state index < -0.39 is 0 Å². The Morgan fingerprint density at radius 2 is 2.05 bits per heavy atom. The number of aromatic nitrogens is 1. The molecule has 0 spiro atoms. The molecule has 0 unspecified atom stereocenters. The Labute approximate surface area is 121 Å². The SMILES string of the molecule is COc1ccc2cnc(C#N)c(-c3cccc(F)c3)c2c1. The van der Waals surface area contributed by atoms with Crippen LogP contribution in [0.1, 0.15) is 5.69 Å². The third-order valence-electron chi connectivity index (χ3n) is 3.32. The molecule has 0 radical (unpaired) electrons. The summed E-state index contributed by atoms with van der Waals surface area (Å²) < 4.78 is 18.7. The number of pyridine rings is 1. The van der Waals surface area contributed by atoms with Crippen molar-refractivity contribution in [1.82, 2.24) is 4.98 Å². The largest absolute Gasteiger partial charge is 0.497 e. The molecule has 0 aliphatic heterocycles. The maximum Gasteiger partial charge on any atom is 0.148 e. The molecule has 0 aliphatic carbocycles. The van der Waals surface area contributed by atoms with Gasteiger partial charge in [-0.1, -0.05) is 12.1 Å². The van der Waals surface area contributed by atoms with E-state index in [0.717, 1.165) is 10.8 Å². The van der Waals surface area contributed by atoms with Crippen molar-refractivity contribution in [2.75, 3.05) is 7.11 Å². The lowest BCUT2D eigenvalue weighted by atomic mass is 9.97. The smallest absolute Gasteiger partial charge is 0.148 e. The zero-order chi connectivity index (χ0) is 14.8. The number of benzene rings is 2. The van der Waals surface area contributed by atoms with Gasteiger partial charge >= 0.3 is 0 Å². The molecule has 4 heteroatoms. The van der Waals surface area contributed by atoms with Gasteiger partial charge < -0.3 is 4.74 Å². The van der Waals surface area contributed by atoms with Crippen LogP contribution in [0.2, 0.25) is 0 Å². The molecule has 0 amide bonds. The highest BCUT2D eigenvalue weighted by Crippen LogP contribution is 2.33. The molecule has 102 valence electrons. The third kappa shape index (κ3) is 2.30. The van der Waals surface area contributed by atoms with E-state index in [1.165, 1.54) is 12.1 Å². The number of hydrogen-bond acceptors (Lipinski definition) is 3. The second kappa shape index (κ2) is 5.22. The Balaban J connectivity index is 2.40. The van der Waals surface area contributed by atoms with Gasteiger partial charge in [0.05, 0.1) is 7.11 Å². The highest BCUT2D eigenvalue weighted by molar-refractivity contribution is 5.98. The lowest BCUT2D eigenvalue weighted by Crippen LogP contribution is -1.93. The van der Waals surface area contributed by atoms with Gasteiger partial charge in [0.1, 0.15) is 23.3 Å². The van der Waals surface area contributed by atoms with Crippen molar-refractivity contribution < 1.29 is 9.13 Å². The number of ether oxygens (including phenoxy) is 1. The molecule has 3 nitrogen and oxygen atoms in total. The molecule has 1 aromatic heterocycles. The van der Waals surface area contributed by atoms with Crippen molar-refractivity contribution in [3.8, 4) is 22.9 Å². The Morgan fingerprint density at radius 3 is 2.76 bits per heavy atom. The van der Waals surface area contributed by atoms with E-state index in [1.54, 1.807) is 25.4 Å². The van der Waals surface area contributed by atoms with Crippen molar-refractivity contribution >= 4 is 10.8 Å². The Kier molecular flexibility index (Phi) is 3.25. The molecule has 1 heterocycles. The average Bonchev–Trinajstić information content (AvgIpc) is 2.53. The first-order valence-corrected chi connectivity index (χ1v) is 6.35. The van der Waals surface area contributed by atoms with Gasteiger partial charge in [-0.15, -0.1) is 0 Å². The van der Waals surface area contributed by atoms with E-state index in [9.17, 15) is 9.65 Å². The normalized spacial score (nSPS) is 10.3. The molecular weight excluding hydrogens is 267 g/mol. The van der Waals surface area contributed by atoms with Crippen molar-refractivity contribution in [1.29, 1.82) is 5.26 Å². The number of methoxy groups -OCH3 is 1. The van der Waals surface area contributed by atoms with E-state index in [1.807, 2.05) is 18.2 Å². The molecule has 0 saturated heterocycles. The highest BCUT2D eigenvalue weighted by Gasteiger charge is 2.12. The van der Waals surface area contributed by atoms with Crippen LogP contribution < -0.4 is 4.74 Å². The van der Waals surface area contributed by atoms with Gasteiger partial charge in [0.2, 0.25) is 0 Å². The average molecular weight is 278 g/mol. The second-order valence-corrected chi connectivity index (χ2v) is 4.56.